The first-order chi connectivity index (χ1) is 33.0. The number of amides is 1. The SMILES string of the molecule is CCCCCCCC/C=C\CCCCCCCC(=O)OCCCCCCCCCCCCCCCCCCCCCCC(=O)NC(CO)C(O)CCCCCCCCCCCCCCCCC. The molecule has 2 atom stereocenters. The number of hydrogen-bond acceptors (Lipinski definition) is 5. The molecule has 0 saturated heterocycles. The van der Waals surface area contributed by atoms with Crippen molar-refractivity contribution in [2.45, 2.75) is 353 Å². The van der Waals surface area contributed by atoms with Crippen LogP contribution in [0.15, 0.2) is 12.2 Å². The third kappa shape index (κ3) is 53.8. The molecule has 0 saturated carbocycles. The Bertz CT molecular complexity index is 1000. The number of hydrogen-bond donors (Lipinski definition) is 3. The number of nitrogens with one attached hydrogen (secondary N) is 1. The topological polar surface area (TPSA) is 95.9 Å². The van der Waals surface area contributed by atoms with Crippen LogP contribution in [0.3, 0.4) is 0 Å². The quantitative estimate of drug-likeness (QED) is 0.0321. The summed E-state index contributed by atoms with van der Waals surface area (Å²) >= 11 is 0. The molecule has 0 rings (SSSR count). The van der Waals surface area contributed by atoms with Gasteiger partial charge in [-0.25, -0.2) is 0 Å². The highest BCUT2D eigenvalue weighted by molar-refractivity contribution is 5.76. The van der Waals surface area contributed by atoms with Crippen molar-refractivity contribution in [3.63, 3.8) is 0 Å². The number of carbonyl (C=O) groups is 2. The van der Waals surface area contributed by atoms with Crippen LogP contribution in [-0.2, 0) is 14.3 Å². The van der Waals surface area contributed by atoms with Crippen LogP contribution in [0, 0.1) is 0 Å². The van der Waals surface area contributed by atoms with Gasteiger partial charge in [0.1, 0.15) is 0 Å². The third-order valence-corrected chi connectivity index (χ3v) is 14.3. The Hall–Kier alpha value is -1.40. The Morgan fingerprint density at radius 2 is 0.701 bits per heavy atom. The van der Waals surface area contributed by atoms with E-state index in [1.54, 1.807) is 0 Å². The molecule has 67 heavy (non-hydrogen) atoms. The molecular weight excluding hydrogens is 827 g/mol. The van der Waals surface area contributed by atoms with Crippen LogP contribution in [0.2, 0.25) is 0 Å². The number of rotatable bonds is 57. The molecule has 0 heterocycles. The van der Waals surface area contributed by atoms with E-state index in [0.29, 0.717) is 25.9 Å². The highest BCUT2D eigenvalue weighted by atomic mass is 16.5. The Morgan fingerprint density at radius 3 is 1.06 bits per heavy atom. The van der Waals surface area contributed by atoms with E-state index in [4.69, 9.17) is 4.74 Å². The third-order valence-electron chi connectivity index (χ3n) is 14.3. The molecule has 0 aliphatic rings. The monoisotopic (exact) mass is 946 g/mol. The minimum atomic E-state index is -0.665. The van der Waals surface area contributed by atoms with Gasteiger partial charge in [0.05, 0.1) is 25.4 Å². The van der Waals surface area contributed by atoms with Crippen LogP contribution < -0.4 is 5.32 Å². The molecule has 1 amide bonds. The van der Waals surface area contributed by atoms with Crippen LogP contribution in [0.4, 0.5) is 0 Å². The first kappa shape index (κ1) is 65.6. The number of carbonyl (C=O) groups excluding carboxylic acids is 2. The largest absolute Gasteiger partial charge is 0.466 e. The second-order valence-electron chi connectivity index (χ2n) is 21.0. The predicted octanol–water partition coefficient (Wildman–Crippen LogP) is 18.9. The zero-order valence-corrected chi connectivity index (χ0v) is 45.4. The molecule has 0 aromatic carbocycles. The summed E-state index contributed by atoms with van der Waals surface area (Å²) in [4.78, 5) is 24.5. The van der Waals surface area contributed by atoms with E-state index < -0.39 is 12.1 Å². The zero-order valence-electron chi connectivity index (χ0n) is 45.4. The summed E-state index contributed by atoms with van der Waals surface area (Å²) in [5.74, 6) is -0.0312. The molecular formula is C61H119NO5. The molecule has 6 heteroatoms. The Balaban J connectivity index is 3.38. The van der Waals surface area contributed by atoms with Crippen LogP contribution >= 0.6 is 0 Å². The van der Waals surface area contributed by atoms with Crippen molar-refractivity contribution in [3.8, 4) is 0 Å². The average molecular weight is 947 g/mol. The summed E-state index contributed by atoms with van der Waals surface area (Å²) in [6, 6.07) is -0.542. The smallest absolute Gasteiger partial charge is 0.305 e. The van der Waals surface area contributed by atoms with Crippen molar-refractivity contribution < 1.29 is 24.5 Å². The molecule has 2 unspecified atom stereocenters. The minimum Gasteiger partial charge on any atom is -0.466 e. The highest BCUT2D eigenvalue weighted by Gasteiger charge is 2.20. The number of unbranched alkanes of at least 4 members (excludes halogenated alkanes) is 44. The van der Waals surface area contributed by atoms with Gasteiger partial charge in [-0.3, -0.25) is 9.59 Å². The van der Waals surface area contributed by atoms with Gasteiger partial charge in [-0.05, 0) is 51.4 Å². The molecule has 0 bridgehead atoms. The predicted molar refractivity (Wildman–Crippen MR) is 292 cm³/mol. The van der Waals surface area contributed by atoms with Crippen molar-refractivity contribution in [2.75, 3.05) is 13.2 Å². The zero-order chi connectivity index (χ0) is 48.6. The molecule has 6 nitrogen and oxygen atoms in total. The minimum absolute atomic E-state index is 0.00339. The van der Waals surface area contributed by atoms with Gasteiger partial charge in [-0.15, -0.1) is 0 Å². The fraction of sp³-hybridized carbons (Fsp3) is 0.934. The average Bonchev–Trinajstić information content (AvgIpc) is 3.33. The standard InChI is InChI=1S/C61H119NO5/c1-3-5-7-9-11-13-15-17-25-29-33-37-41-45-49-53-59(64)58(57-63)62-60(65)54-50-46-42-38-34-30-27-23-21-19-20-22-24-28-32-36-40-44-48-52-56-67-61(66)55-51-47-43-39-35-31-26-18-16-14-12-10-8-6-4-2/h18,26,58-59,63-64H,3-17,19-25,27-57H2,1-2H3,(H,62,65)/b26-18-. The van der Waals surface area contributed by atoms with Crippen LogP contribution in [0.25, 0.3) is 0 Å². The molecule has 0 radical (unpaired) electrons. The van der Waals surface area contributed by atoms with E-state index in [2.05, 4.69) is 31.3 Å². The lowest BCUT2D eigenvalue weighted by Gasteiger charge is -2.22. The van der Waals surface area contributed by atoms with E-state index in [-0.39, 0.29) is 18.5 Å². The number of aliphatic hydroxyl groups excluding tert-OH is 2. The van der Waals surface area contributed by atoms with Crippen molar-refractivity contribution in [1.29, 1.82) is 0 Å². The van der Waals surface area contributed by atoms with Crippen molar-refractivity contribution in [3.05, 3.63) is 12.2 Å². The number of ether oxygens (including phenoxy) is 1. The first-order valence-corrected chi connectivity index (χ1v) is 30.4. The van der Waals surface area contributed by atoms with Gasteiger partial charge < -0.3 is 20.3 Å². The van der Waals surface area contributed by atoms with Gasteiger partial charge in [-0.2, -0.15) is 0 Å². The van der Waals surface area contributed by atoms with Crippen LogP contribution in [0.5, 0.6) is 0 Å². The van der Waals surface area contributed by atoms with Gasteiger partial charge in [0.25, 0.3) is 0 Å². The molecule has 398 valence electrons. The van der Waals surface area contributed by atoms with Crippen molar-refractivity contribution in [1.82, 2.24) is 5.32 Å². The summed E-state index contributed by atoms with van der Waals surface area (Å²) in [7, 11) is 0. The summed E-state index contributed by atoms with van der Waals surface area (Å²) in [6.07, 6.45) is 67.8. The molecule has 0 fully saturated rings. The Kier molecular flexibility index (Phi) is 56.0. The fourth-order valence-electron chi connectivity index (χ4n) is 9.64. The molecule has 0 aliphatic carbocycles. The fourth-order valence-corrected chi connectivity index (χ4v) is 9.64. The Morgan fingerprint density at radius 1 is 0.403 bits per heavy atom. The summed E-state index contributed by atoms with van der Waals surface area (Å²) in [5, 5.41) is 23.3. The van der Waals surface area contributed by atoms with Crippen molar-refractivity contribution in [2.24, 2.45) is 0 Å². The second-order valence-corrected chi connectivity index (χ2v) is 21.0. The van der Waals surface area contributed by atoms with E-state index in [1.807, 2.05) is 0 Å². The number of allylic oxidation sites excluding steroid dienone is 2. The van der Waals surface area contributed by atoms with Gasteiger partial charge in [-0.1, -0.05) is 289 Å². The normalized spacial score (nSPS) is 12.6. The van der Waals surface area contributed by atoms with E-state index in [0.717, 1.165) is 44.9 Å². The Labute approximate surface area is 419 Å². The van der Waals surface area contributed by atoms with Crippen molar-refractivity contribution >= 4 is 11.9 Å². The number of aliphatic hydroxyl groups is 2. The highest BCUT2D eigenvalue weighted by Crippen LogP contribution is 2.18. The maximum Gasteiger partial charge on any atom is 0.305 e. The molecule has 0 spiro atoms. The van der Waals surface area contributed by atoms with E-state index >= 15 is 0 Å². The van der Waals surface area contributed by atoms with Gasteiger partial charge in [0.15, 0.2) is 0 Å². The molecule has 3 N–H and O–H groups in total. The summed E-state index contributed by atoms with van der Waals surface area (Å²) in [5.41, 5.74) is 0. The van der Waals surface area contributed by atoms with E-state index in [1.165, 1.54) is 263 Å². The van der Waals surface area contributed by atoms with Gasteiger partial charge in [0.2, 0.25) is 5.91 Å². The lowest BCUT2D eigenvalue weighted by Crippen LogP contribution is -2.45. The van der Waals surface area contributed by atoms with E-state index in [9.17, 15) is 19.8 Å². The first-order valence-electron chi connectivity index (χ1n) is 30.4. The van der Waals surface area contributed by atoms with Gasteiger partial charge >= 0.3 is 5.97 Å². The maximum absolute atomic E-state index is 12.5. The van der Waals surface area contributed by atoms with Crippen LogP contribution in [0.1, 0.15) is 341 Å². The molecule has 0 aromatic heterocycles. The van der Waals surface area contributed by atoms with Gasteiger partial charge in [0, 0.05) is 12.8 Å². The molecule has 0 aromatic rings. The second kappa shape index (κ2) is 57.2. The lowest BCUT2D eigenvalue weighted by molar-refractivity contribution is -0.143. The lowest BCUT2D eigenvalue weighted by atomic mass is 10.0. The molecule has 0 aliphatic heterocycles. The number of esters is 1. The van der Waals surface area contributed by atoms with Crippen LogP contribution in [-0.4, -0.2) is 47.4 Å². The summed E-state index contributed by atoms with van der Waals surface area (Å²) < 4.78 is 5.48. The maximum atomic E-state index is 12.5. The summed E-state index contributed by atoms with van der Waals surface area (Å²) in [6.45, 7) is 4.96.